The molecule has 1 aromatic carbocycles. The number of carboxylic acids is 1. The van der Waals surface area contributed by atoms with Crippen molar-refractivity contribution >= 4 is 22.8 Å². The van der Waals surface area contributed by atoms with Crippen molar-refractivity contribution in [3.05, 3.63) is 70.6 Å². The van der Waals surface area contributed by atoms with Gasteiger partial charge in [-0.15, -0.1) is 0 Å². The third kappa shape index (κ3) is 3.74. The molecule has 3 aromatic rings. The van der Waals surface area contributed by atoms with Crippen LogP contribution in [0.3, 0.4) is 0 Å². The van der Waals surface area contributed by atoms with Crippen LogP contribution < -0.4 is 16.1 Å². The van der Waals surface area contributed by atoms with Crippen molar-refractivity contribution in [2.45, 2.75) is 12.5 Å². The molecule has 3 N–H and O–H groups in total. The predicted octanol–water partition coefficient (Wildman–Crippen LogP) is 2.37. The Bertz CT molecular complexity index is 1260. The Morgan fingerprint density at radius 3 is 2.58 bits per heavy atom. The van der Waals surface area contributed by atoms with Crippen molar-refractivity contribution in [2.24, 2.45) is 11.7 Å². The topological polar surface area (TPSA) is 101 Å². The lowest BCUT2D eigenvalue weighted by molar-refractivity contribution is 0.0695. The van der Waals surface area contributed by atoms with E-state index in [4.69, 9.17) is 12.7 Å². The second-order valence-electron chi connectivity index (χ2n) is 7.37. The molecule has 0 saturated heterocycles. The molecule has 4 rings (SSSR count). The molecule has 2 atom stereocenters. The van der Waals surface area contributed by atoms with Gasteiger partial charge in [-0.1, -0.05) is 0 Å². The van der Waals surface area contributed by atoms with Gasteiger partial charge in [0.15, 0.2) is 17.3 Å². The first-order chi connectivity index (χ1) is 14.7. The SMILES string of the molecule is [CH]CN(CC1CC1N)c1nc2c(cc1F)c(=O)c(C(=O)O)cn2-c1ccc(F)cc1F. The van der Waals surface area contributed by atoms with Crippen molar-refractivity contribution in [3.63, 3.8) is 0 Å². The van der Waals surface area contributed by atoms with E-state index in [-0.39, 0.29) is 41.0 Å². The van der Waals surface area contributed by atoms with E-state index in [1.165, 1.54) is 4.90 Å². The smallest absolute Gasteiger partial charge is 0.341 e. The number of pyridine rings is 2. The van der Waals surface area contributed by atoms with Crippen LogP contribution in [0.4, 0.5) is 19.0 Å². The number of carbonyl (C=O) groups is 1. The fourth-order valence-corrected chi connectivity index (χ4v) is 3.46. The molecule has 0 bridgehead atoms. The molecule has 2 aromatic heterocycles. The third-order valence-corrected chi connectivity index (χ3v) is 5.26. The molecule has 1 saturated carbocycles. The van der Waals surface area contributed by atoms with Gasteiger partial charge in [0.05, 0.1) is 11.1 Å². The highest BCUT2D eigenvalue weighted by molar-refractivity contribution is 5.92. The van der Waals surface area contributed by atoms with Crippen LogP contribution in [0.15, 0.2) is 35.3 Å². The third-order valence-electron chi connectivity index (χ3n) is 5.26. The van der Waals surface area contributed by atoms with E-state index in [2.05, 4.69) is 4.98 Å². The van der Waals surface area contributed by atoms with Crippen LogP contribution in [0.25, 0.3) is 16.7 Å². The molecule has 1 aliphatic rings. The predicted molar refractivity (Wildman–Crippen MR) is 107 cm³/mol. The summed E-state index contributed by atoms with van der Waals surface area (Å²) < 4.78 is 43.8. The first kappa shape index (κ1) is 20.9. The Hall–Kier alpha value is -3.40. The fourth-order valence-electron chi connectivity index (χ4n) is 3.46. The van der Waals surface area contributed by atoms with Gasteiger partial charge in [-0.2, -0.15) is 0 Å². The van der Waals surface area contributed by atoms with E-state index in [1.807, 2.05) is 0 Å². The van der Waals surface area contributed by atoms with Crippen molar-refractivity contribution in [2.75, 3.05) is 18.0 Å². The summed E-state index contributed by atoms with van der Waals surface area (Å²) in [7, 11) is 0. The van der Waals surface area contributed by atoms with E-state index in [0.29, 0.717) is 12.6 Å². The van der Waals surface area contributed by atoms with Gasteiger partial charge in [-0.3, -0.25) is 9.36 Å². The van der Waals surface area contributed by atoms with Crippen LogP contribution >= 0.6 is 0 Å². The zero-order valence-corrected chi connectivity index (χ0v) is 16.1. The van der Waals surface area contributed by atoms with Gasteiger partial charge >= 0.3 is 5.97 Å². The molecule has 7 nitrogen and oxygen atoms in total. The van der Waals surface area contributed by atoms with Crippen molar-refractivity contribution < 1.29 is 23.1 Å². The van der Waals surface area contributed by atoms with Gasteiger partial charge in [0.25, 0.3) is 0 Å². The minimum Gasteiger partial charge on any atom is -0.477 e. The van der Waals surface area contributed by atoms with E-state index >= 15 is 0 Å². The molecule has 2 unspecified atom stereocenters. The van der Waals surface area contributed by atoms with Gasteiger partial charge in [0.2, 0.25) is 5.43 Å². The molecule has 31 heavy (non-hydrogen) atoms. The zero-order chi connectivity index (χ0) is 22.4. The lowest BCUT2D eigenvalue weighted by Gasteiger charge is -2.23. The normalized spacial score (nSPS) is 17.7. The first-order valence-electron chi connectivity index (χ1n) is 9.36. The van der Waals surface area contributed by atoms with Gasteiger partial charge < -0.3 is 15.7 Å². The number of rotatable bonds is 6. The largest absolute Gasteiger partial charge is 0.477 e. The second kappa shape index (κ2) is 7.69. The lowest BCUT2D eigenvalue weighted by atomic mass is 10.1. The van der Waals surface area contributed by atoms with Crippen LogP contribution in [0, 0.1) is 30.3 Å². The molecule has 1 fully saturated rings. The number of aromatic nitrogens is 2. The van der Waals surface area contributed by atoms with E-state index < -0.39 is 34.4 Å². The Kier molecular flexibility index (Phi) is 5.18. The molecular weight excluding hydrogens is 413 g/mol. The number of carboxylic acid groups (broad SMARTS) is 1. The maximum atomic E-state index is 14.9. The number of anilines is 1. The number of halogens is 3. The highest BCUT2D eigenvalue weighted by Gasteiger charge is 2.35. The van der Waals surface area contributed by atoms with Crippen molar-refractivity contribution in [1.29, 1.82) is 0 Å². The lowest BCUT2D eigenvalue weighted by Crippen LogP contribution is -2.29. The summed E-state index contributed by atoms with van der Waals surface area (Å²) in [6, 6.07) is 3.45. The Labute approximate surface area is 174 Å². The van der Waals surface area contributed by atoms with E-state index in [0.717, 1.165) is 35.4 Å². The number of benzene rings is 1. The molecular formula is C21H17F3N4O3. The molecule has 2 radical (unpaired) electrons. The molecule has 2 heterocycles. The van der Waals surface area contributed by atoms with Gasteiger partial charge in [-0.25, -0.2) is 22.9 Å². The Morgan fingerprint density at radius 2 is 2.00 bits per heavy atom. The van der Waals surface area contributed by atoms with Crippen LogP contribution in [0.5, 0.6) is 0 Å². The molecule has 0 amide bonds. The Morgan fingerprint density at radius 1 is 1.29 bits per heavy atom. The average molecular weight is 430 g/mol. The summed E-state index contributed by atoms with van der Waals surface area (Å²) in [6.45, 7) is 5.99. The number of fused-ring (bicyclic) bond motifs is 1. The maximum Gasteiger partial charge on any atom is 0.341 e. The van der Waals surface area contributed by atoms with Gasteiger partial charge in [0, 0.05) is 31.4 Å². The van der Waals surface area contributed by atoms with E-state index in [1.54, 1.807) is 0 Å². The molecule has 160 valence electrons. The fraction of sp³-hybridized carbons (Fsp3) is 0.238. The quantitative estimate of drug-likeness (QED) is 0.623. The number of nitrogens with zero attached hydrogens (tertiary/aromatic N) is 3. The highest BCUT2D eigenvalue weighted by Crippen LogP contribution is 2.31. The van der Waals surface area contributed by atoms with Crippen molar-refractivity contribution in [3.8, 4) is 5.69 Å². The second-order valence-corrected chi connectivity index (χ2v) is 7.37. The summed E-state index contributed by atoms with van der Waals surface area (Å²) in [5, 5.41) is 9.00. The Balaban J connectivity index is 1.99. The number of nitrogens with two attached hydrogens (primary N) is 1. The molecule has 1 aliphatic carbocycles. The van der Waals surface area contributed by atoms with Crippen LogP contribution in [-0.4, -0.2) is 39.8 Å². The monoisotopic (exact) mass is 430 g/mol. The standard InChI is InChI=1S/C21H17F3N4O3/c1-2-27(8-10-5-16(10)25)20-15(24)7-12-18(29)13(21(30)31)9-28(19(12)26-20)17-4-3-11(22)6-14(17)23/h1,3-4,6-7,9-10,16H,2,5,8,25H2,(H,30,31). The summed E-state index contributed by atoms with van der Waals surface area (Å²) >= 11 is 0. The molecule has 0 aliphatic heterocycles. The number of hydrogen-bond donors (Lipinski definition) is 2. The van der Waals surface area contributed by atoms with Crippen LogP contribution in [-0.2, 0) is 0 Å². The van der Waals surface area contributed by atoms with Gasteiger partial charge in [-0.05, 0) is 37.5 Å². The summed E-state index contributed by atoms with van der Waals surface area (Å²) in [5.74, 6) is -4.43. The molecule has 0 spiro atoms. The summed E-state index contributed by atoms with van der Waals surface area (Å²) in [6.07, 6.45) is 1.63. The van der Waals surface area contributed by atoms with Crippen LogP contribution in [0.2, 0.25) is 0 Å². The number of aromatic carboxylic acids is 1. The van der Waals surface area contributed by atoms with E-state index in [9.17, 15) is 27.9 Å². The molecule has 10 heteroatoms. The maximum absolute atomic E-state index is 14.9. The van der Waals surface area contributed by atoms with Crippen LogP contribution in [0.1, 0.15) is 16.8 Å². The average Bonchev–Trinajstić information content (AvgIpc) is 3.41. The first-order valence-corrected chi connectivity index (χ1v) is 9.36. The zero-order valence-electron chi connectivity index (χ0n) is 16.1. The summed E-state index contributed by atoms with van der Waals surface area (Å²) in [5.41, 5.74) is 3.65. The van der Waals surface area contributed by atoms with Crippen molar-refractivity contribution in [1.82, 2.24) is 9.55 Å². The minimum absolute atomic E-state index is 0.0258. The minimum atomic E-state index is -1.58. The summed E-state index contributed by atoms with van der Waals surface area (Å²) in [4.78, 5) is 29.8. The number of hydrogen-bond acceptors (Lipinski definition) is 5. The highest BCUT2D eigenvalue weighted by atomic mass is 19.1. The van der Waals surface area contributed by atoms with Gasteiger partial charge in [0.1, 0.15) is 17.2 Å².